The van der Waals surface area contributed by atoms with Crippen LogP contribution in [0.3, 0.4) is 0 Å². The fraction of sp³-hybridized carbons (Fsp3) is 0. The molecule has 1 heterocycles. The van der Waals surface area contributed by atoms with Gasteiger partial charge in [0.05, 0.1) is 5.69 Å². The molecular formula is C13H13Cl3FeN5S. The SMILES string of the molecule is NC(=[SH+])[N-]N=Cc1cc(-c2cccc(N)c2)ccn1.[Cl][Fe]([Cl])[Cl]. The number of aromatic nitrogens is 1. The van der Waals surface area contributed by atoms with Crippen LogP contribution in [0.5, 0.6) is 0 Å². The van der Waals surface area contributed by atoms with Gasteiger partial charge in [0.1, 0.15) is 0 Å². The first-order valence-electron chi connectivity index (χ1n) is 5.92. The van der Waals surface area contributed by atoms with Crippen LogP contribution in [-0.4, -0.2) is 16.3 Å². The molecule has 0 saturated carbocycles. The number of pyridine rings is 1. The van der Waals surface area contributed by atoms with E-state index in [-0.39, 0.29) is 5.11 Å². The van der Waals surface area contributed by atoms with Gasteiger partial charge in [-0.05, 0) is 35.4 Å². The molecular weight excluding hydrogens is 420 g/mol. The number of rotatable bonds is 3. The average Bonchev–Trinajstić information content (AvgIpc) is 2.46. The molecule has 0 unspecified atom stereocenters. The fourth-order valence-corrected chi connectivity index (χ4v) is 1.62. The Morgan fingerprint density at radius 1 is 1.22 bits per heavy atom. The number of anilines is 1. The number of benzene rings is 1. The molecule has 10 heteroatoms. The molecule has 2 rings (SSSR count). The zero-order valence-electron chi connectivity index (χ0n) is 11.5. The Balaban J connectivity index is 0.000000593. The molecule has 2 aromatic rings. The molecule has 1 aromatic carbocycles. The van der Waals surface area contributed by atoms with Gasteiger partial charge in [-0.2, -0.15) is 0 Å². The van der Waals surface area contributed by atoms with Crippen LogP contribution in [0, 0.1) is 0 Å². The molecule has 0 fully saturated rings. The van der Waals surface area contributed by atoms with E-state index >= 15 is 0 Å². The number of halogens is 3. The molecule has 5 nitrogen and oxygen atoms in total. The second kappa shape index (κ2) is 10.8. The van der Waals surface area contributed by atoms with E-state index in [4.69, 9.17) is 41.8 Å². The normalized spacial score (nSPS) is 10.7. The molecule has 125 valence electrons. The first kappa shape index (κ1) is 20.1. The van der Waals surface area contributed by atoms with Gasteiger partial charge in [0, 0.05) is 18.1 Å². The van der Waals surface area contributed by atoms with Crippen LogP contribution < -0.4 is 11.5 Å². The van der Waals surface area contributed by atoms with Gasteiger partial charge < -0.3 is 16.3 Å². The van der Waals surface area contributed by atoms with E-state index in [0.717, 1.165) is 16.8 Å². The summed E-state index contributed by atoms with van der Waals surface area (Å²) in [4.78, 5) is 4.17. The summed E-state index contributed by atoms with van der Waals surface area (Å²) in [6.07, 6.45) is 3.21. The van der Waals surface area contributed by atoms with Gasteiger partial charge in [-0.1, -0.05) is 12.1 Å². The van der Waals surface area contributed by atoms with Gasteiger partial charge in [0.2, 0.25) is 0 Å². The van der Waals surface area contributed by atoms with Crippen molar-refractivity contribution in [3.63, 3.8) is 0 Å². The summed E-state index contributed by atoms with van der Waals surface area (Å²) in [6.45, 7) is 0. The summed E-state index contributed by atoms with van der Waals surface area (Å²) in [5, 5.41) is 3.87. The number of nitrogens with zero attached hydrogens (tertiary/aromatic N) is 3. The molecule has 0 bridgehead atoms. The van der Waals surface area contributed by atoms with Crippen molar-refractivity contribution < 1.29 is 11.2 Å². The van der Waals surface area contributed by atoms with Crippen LogP contribution in [0.25, 0.3) is 16.6 Å². The van der Waals surface area contributed by atoms with Gasteiger partial charge in [0.25, 0.3) is 0 Å². The van der Waals surface area contributed by atoms with Gasteiger partial charge in [0.15, 0.2) is 17.3 Å². The quantitative estimate of drug-likeness (QED) is 0.148. The van der Waals surface area contributed by atoms with Crippen molar-refractivity contribution in [1.29, 1.82) is 0 Å². The Kier molecular flexibility index (Phi) is 9.43. The third-order valence-electron chi connectivity index (χ3n) is 2.35. The zero-order valence-corrected chi connectivity index (χ0v) is 15.8. The molecule has 0 radical (unpaired) electrons. The van der Waals surface area contributed by atoms with Crippen molar-refractivity contribution in [2.24, 2.45) is 10.8 Å². The summed E-state index contributed by atoms with van der Waals surface area (Å²) in [7, 11) is 14.7. The van der Waals surface area contributed by atoms with Crippen molar-refractivity contribution >= 4 is 59.5 Å². The fourth-order valence-electron chi connectivity index (χ4n) is 1.56. The Hall–Kier alpha value is -0.921. The summed E-state index contributed by atoms with van der Waals surface area (Å²) in [5.41, 5.74) is 18.1. The number of nitrogen functional groups attached to an aromatic ring is 1. The van der Waals surface area contributed by atoms with Gasteiger partial charge >= 0.3 is 41.5 Å². The topological polar surface area (TPSA) is 91.4 Å². The predicted octanol–water partition coefficient (Wildman–Crippen LogP) is 3.43. The van der Waals surface area contributed by atoms with E-state index in [1.165, 1.54) is 6.21 Å². The Morgan fingerprint density at radius 2 is 1.87 bits per heavy atom. The number of nitrogens with two attached hydrogens (primary N) is 2. The number of hydrogen-bond acceptors (Lipinski definition) is 3. The minimum atomic E-state index is -1.33. The molecule has 4 N–H and O–H groups in total. The predicted molar refractivity (Wildman–Crippen MR) is 101 cm³/mol. The van der Waals surface area contributed by atoms with E-state index in [0.29, 0.717) is 5.69 Å². The summed E-state index contributed by atoms with van der Waals surface area (Å²) in [5.74, 6) is 0. The second-order valence-electron chi connectivity index (χ2n) is 3.95. The van der Waals surface area contributed by atoms with Gasteiger partial charge in [-0.25, -0.2) is 0 Å². The molecule has 0 aliphatic rings. The summed E-state index contributed by atoms with van der Waals surface area (Å²) >= 11 is 2.48. The van der Waals surface area contributed by atoms with Crippen molar-refractivity contribution in [3.05, 3.63) is 53.7 Å². The first-order valence-corrected chi connectivity index (χ1v) is 10.9. The van der Waals surface area contributed by atoms with Crippen LogP contribution in [0.1, 0.15) is 5.69 Å². The standard InChI is InChI=1S/C13H13N5S.3ClH.Fe/c14-11-3-1-2-9(6-11)10-4-5-16-12(7-10)8-17-18-13(15)19;;;;/h1-8H,14H2,(H3,15,16,18,19);3*1H;/q;;;;+3/p-3. The Labute approximate surface area is 156 Å². The molecule has 0 amide bonds. The molecule has 0 aliphatic heterocycles. The van der Waals surface area contributed by atoms with Gasteiger partial charge in [-0.15, -0.1) is 0 Å². The minimum absolute atomic E-state index is 0.100. The van der Waals surface area contributed by atoms with Crippen molar-refractivity contribution in [2.45, 2.75) is 0 Å². The van der Waals surface area contributed by atoms with E-state index in [2.05, 4.69) is 27.7 Å². The third kappa shape index (κ3) is 9.07. The molecule has 0 atom stereocenters. The summed E-state index contributed by atoms with van der Waals surface area (Å²) in [6, 6.07) is 11.4. The monoisotopic (exact) mass is 432 g/mol. The maximum atomic E-state index is 5.77. The zero-order chi connectivity index (χ0) is 17.2. The van der Waals surface area contributed by atoms with E-state index in [1.807, 2.05) is 36.4 Å². The van der Waals surface area contributed by atoms with Gasteiger partial charge in [-0.3, -0.25) is 10.7 Å². The van der Waals surface area contributed by atoms with Crippen molar-refractivity contribution in [3.8, 4) is 11.1 Å². The van der Waals surface area contributed by atoms with Crippen LogP contribution >= 0.6 is 30.3 Å². The van der Waals surface area contributed by atoms with E-state index in [1.54, 1.807) is 6.20 Å². The van der Waals surface area contributed by atoms with Crippen LogP contribution in [-0.2, 0) is 23.4 Å². The first-order chi connectivity index (χ1) is 10.9. The summed E-state index contributed by atoms with van der Waals surface area (Å²) < 4.78 is 0. The van der Waals surface area contributed by atoms with E-state index < -0.39 is 11.2 Å². The van der Waals surface area contributed by atoms with Crippen molar-refractivity contribution in [1.82, 2.24) is 4.98 Å². The molecule has 0 spiro atoms. The molecule has 1 aromatic heterocycles. The number of hydrogen-bond donors (Lipinski definition) is 2. The molecule has 23 heavy (non-hydrogen) atoms. The Bertz CT molecular complexity index is 681. The Morgan fingerprint density at radius 3 is 2.48 bits per heavy atom. The third-order valence-corrected chi connectivity index (χ3v) is 2.44. The van der Waals surface area contributed by atoms with Crippen molar-refractivity contribution in [2.75, 3.05) is 5.73 Å². The van der Waals surface area contributed by atoms with Crippen LogP contribution in [0.4, 0.5) is 5.69 Å². The average molecular weight is 434 g/mol. The number of thiol groups is 1. The van der Waals surface area contributed by atoms with Crippen LogP contribution in [0.15, 0.2) is 47.7 Å². The molecule has 0 aliphatic carbocycles. The van der Waals surface area contributed by atoms with E-state index in [9.17, 15) is 0 Å². The molecule has 0 saturated heterocycles. The second-order valence-corrected chi connectivity index (χ2v) is 9.88. The maximum absolute atomic E-state index is 5.77. The van der Waals surface area contributed by atoms with Crippen LogP contribution in [0.2, 0.25) is 0 Å².